The number of esters is 4. The quantitative estimate of drug-likeness (QED) is 0.109. The molecule has 0 radical (unpaired) electrons. The summed E-state index contributed by atoms with van der Waals surface area (Å²) in [5.74, 6) is 0.193. The number of aliphatic hydroxyl groups is 2. The van der Waals surface area contributed by atoms with E-state index in [1.165, 1.54) is 77.0 Å². The number of hydrogen-bond donors (Lipinski definition) is 2. The van der Waals surface area contributed by atoms with Crippen LogP contribution in [-0.4, -0.2) is 78.0 Å². The van der Waals surface area contributed by atoms with Crippen LogP contribution >= 0.6 is 0 Å². The maximum absolute atomic E-state index is 11.6. The van der Waals surface area contributed by atoms with Gasteiger partial charge in [0.05, 0.1) is 32.0 Å². The van der Waals surface area contributed by atoms with Gasteiger partial charge in [0, 0.05) is 5.92 Å². The average molecular weight is 897 g/mol. The molecular weight excluding hydrogens is 801 g/mol. The van der Waals surface area contributed by atoms with Crippen molar-refractivity contribution in [1.82, 2.24) is 0 Å². The Morgan fingerprint density at radius 1 is 0.492 bits per heavy atom. The molecule has 11 nitrogen and oxygen atoms in total. The van der Waals surface area contributed by atoms with Crippen molar-refractivity contribution in [2.24, 2.45) is 45.3 Å². The third kappa shape index (κ3) is 28.9. The van der Waals surface area contributed by atoms with Gasteiger partial charge >= 0.3 is 23.9 Å². The fourth-order valence-corrected chi connectivity index (χ4v) is 9.76. The van der Waals surface area contributed by atoms with Crippen molar-refractivity contribution in [2.45, 2.75) is 238 Å². The molecule has 4 aliphatic carbocycles. The van der Waals surface area contributed by atoms with Crippen molar-refractivity contribution in [1.29, 1.82) is 0 Å². The molecule has 5 unspecified atom stereocenters. The van der Waals surface area contributed by atoms with Gasteiger partial charge < -0.3 is 29.2 Å². The van der Waals surface area contributed by atoms with Crippen LogP contribution < -0.4 is 0 Å². The first kappa shape index (κ1) is 60.5. The summed E-state index contributed by atoms with van der Waals surface area (Å²) in [5.41, 5.74) is 1.68. The van der Waals surface area contributed by atoms with Crippen LogP contribution in [-0.2, 0) is 42.9 Å². The van der Waals surface area contributed by atoms with Crippen LogP contribution in [0.2, 0.25) is 0 Å². The molecular formula is C52H96O11. The van der Waals surface area contributed by atoms with Crippen molar-refractivity contribution in [3.05, 3.63) is 0 Å². The molecule has 0 amide bonds. The van der Waals surface area contributed by atoms with E-state index < -0.39 is 23.9 Å². The van der Waals surface area contributed by atoms with Gasteiger partial charge in [-0.1, -0.05) is 81.1 Å². The number of hydrogen-bond acceptors (Lipinski definition) is 11. The van der Waals surface area contributed by atoms with Gasteiger partial charge in [-0.2, -0.15) is 0 Å². The fraction of sp³-hybridized carbons (Fsp3) is 0.904. The molecule has 0 aromatic heterocycles. The fourth-order valence-electron chi connectivity index (χ4n) is 9.76. The van der Waals surface area contributed by atoms with E-state index in [9.17, 15) is 34.2 Å². The molecule has 0 aromatic carbocycles. The van der Waals surface area contributed by atoms with Crippen molar-refractivity contribution in [3.8, 4) is 0 Å². The zero-order chi connectivity index (χ0) is 48.6. The molecule has 370 valence electrons. The lowest BCUT2D eigenvalue weighted by molar-refractivity contribution is -0.160. The van der Waals surface area contributed by atoms with E-state index in [-0.39, 0.29) is 44.4 Å². The second-order valence-electron chi connectivity index (χ2n) is 22.1. The predicted octanol–water partition coefficient (Wildman–Crippen LogP) is 11.5. The zero-order valence-electron chi connectivity index (χ0n) is 43.0. The first-order chi connectivity index (χ1) is 29.1. The Morgan fingerprint density at radius 2 is 0.794 bits per heavy atom. The highest BCUT2D eigenvalue weighted by Crippen LogP contribution is 2.42. The van der Waals surface area contributed by atoms with Gasteiger partial charge in [-0.3, -0.25) is 24.0 Å². The lowest BCUT2D eigenvalue weighted by Crippen LogP contribution is -2.32. The van der Waals surface area contributed by atoms with Gasteiger partial charge in [0.25, 0.3) is 0 Å². The minimum atomic E-state index is -0.536. The summed E-state index contributed by atoms with van der Waals surface area (Å²) in [7, 11) is 0. The van der Waals surface area contributed by atoms with Crippen LogP contribution in [0, 0.1) is 45.3 Å². The van der Waals surface area contributed by atoms with Gasteiger partial charge in [0.1, 0.15) is 24.7 Å². The molecule has 0 aromatic rings. The van der Waals surface area contributed by atoms with Crippen LogP contribution in [0.5, 0.6) is 0 Å². The lowest BCUT2D eigenvalue weighted by Gasteiger charge is -2.37. The standard InChI is InChI=1S/C15H26O4.2C10H20O.C10H18O.C7H12O4/c1-5-18-13(16)9-14(17)19-11(2)12-7-6-8-15(3,4)10-12;3*1-8(11)9-5-4-6-10(2,3)7-9;1-3-10-6(8)5-7(9)11-4-2/h11-12H,5-10H2,1-4H3;2*8-9,11H,4-7H2,1-3H3;9H,4-7H2,1-3H3;3-5H2,1-2H3/t11-,12?;8-,9?;;;/m00.../s1. The van der Waals surface area contributed by atoms with Crippen molar-refractivity contribution in [2.75, 3.05) is 19.8 Å². The van der Waals surface area contributed by atoms with Crippen LogP contribution in [0.25, 0.3) is 0 Å². The second kappa shape index (κ2) is 29.9. The zero-order valence-corrected chi connectivity index (χ0v) is 43.0. The third-order valence-electron chi connectivity index (χ3n) is 13.3. The summed E-state index contributed by atoms with van der Waals surface area (Å²) >= 11 is 0. The van der Waals surface area contributed by atoms with E-state index in [0.717, 1.165) is 25.7 Å². The highest BCUT2D eigenvalue weighted by atomic mass is 16.6. The summed E-state index contributed by atoms with van der Waals surface area (Å²) in [5, 5.41) is 18.8. The summed E-state index contributed by atoms with van der Waals surface area (Å²) in [4.78, 5) is 55.1. The van der Waals surface area contributed by atoms with E-state index in [2.05, 4.69) is 64.9 Å². The Hall–Kier alpha value is -2.53. The van der Waals surface area contributed by atoms with Crippen LogP contribution in [0.15, 0.2) is 0 Å². The largest absolute Gasteiger partial charge is 0.466 e. The maximum Gasteiger partial charge on any atom is 0.317 e. The summed E-state index contributed by atoms with van der Waals surface area (Å²) in [6.07, 6.45) is 18.5. The van der Waals surface area contributed by atoms with E-state index in [1.807, 2.05) is 20.8 Å². The molecule has 2 N–H and O–H groups in total. The summed E-state index contributed by atoms with van der Waals surface area (Å²) in [6.45, 7) is 31.7. The van der Waals surface area contributed by atoms with E-state index in [4.69, 9.17) is 9.47 Å². The maximum atomic E-state index is 11.6. The number of ether oxygens (including phenoxy) is 4. The minimum Gasteiger partial charge on any atom is -0.466 e. The summed E-state index contributed by atoms with van der Waals surface area (Å²) < 4.78 is 19.1. The predicted molar refractivity (Wildman–Crippen MR) is 252 cm³/mol. The van der Waals surface area contributed by atoms with Gasteiger partial charge in [0.15, 0.2) is 0 Å². The number of aliphatic hydroxyl groups excluding tert-OH is 2. The smallest absolute Gasteiger partial charge is 0.317 e. The molecule has 0 heterocycles. The lowest BCUT2D eigenvalue weighted by atomic mass is 9.71. The molecule has 0 bridgehead atoms. The molecule has 4 aliphatic rings. The normalized spacial score (nSPS) is 25.5. The van der Waals surface area contributed by atoms with Crippen LogP contribution in [0.1, 0.15) is 219 Å². The van der Waals surface area contributed by atoms with Crippen molar-refractivity contribution in [3.63, 3.8) is 0 Å². The average Bonchev–Trinajstić information content (AvgIpc) is 3.14. The highest BCUT2D eigenvalue weighted by molar-refractivity contribution is 5.91. The molecule has 7 atom stereocenters. The summed E-state index contributed by atoms with van der Waals surface area (Å²) in [6, 6.07) is 0. The first-order valence-corrected chi connectivity index (χ1v) is 24.6. The molecule has 0 saturated heterocycles. The third-order valence-corrected chi connectivity index (χ3v) is 13.3. The highest BCUT2D eigenvalue weighted by Gasteiger charge is 2.34. The number of rotatable bonds is 12. The molecule has 4 saturated carbocycles. The number of carbonyl (C=O) groups excluding carboxylic acids is 5. The molecule has 4 rings (SSSR count). The second-order valence-corrected chi connectivity index (χ2v) is 22.1. The van der Waals surface area contributed by atoms with Crippen molar-refractivity contribution < 1.29 is 53.1 Å². The molecule has 11 heteroatoms. The minimum absolute atomic E-state index is 0.102. The van der Waals surface area contributed by atoms with Gasteiger partial charge in [-0.15, -0.1) is 0 Å². The molecule has 63 heavy (non-hydrogen) atoms. The van der Waals surface area contributed by atoms with Crippen LogP contribution in [0.4, 0.5) is 0 Å². The number of Topliss-reactive ketones (excluding diaryl/α,β-unsaturated/α-hetero) is 1. The van der Waals surface area contributed by atoms with Gasteiger partial charge in [0.2, 0.25) is 0 Å². The van der Waals surface area contributed by atoms with E-state index in [1.54, 1.807) is 27.7 Å². The molecule has 0 aliphatic heterocycles. The van der Waals surface area contributed by atoms with E-state index >= 15 is 0 Å². The Kier molecular flexibility index (Phi) is 28.7. The Labute approximate surface area is 384 Å². The topological polar surface area (TPSA) is 163 Å². The Morgan fingerprint density at radius 3 is 1.06 bits per heavy atom. The van der Waals surface area contributed by atoms with Crippen molar-refractivity contribution >= 4 is 29.7 Å². The first-order valence-electron chi connectivity index (χ1n) is 24.6. The van der Waals surface area contributed by atoms with Gasteiger partial charge in [-0.05, 0) is 165 Å². The Bertz CT molecular complexity index is 1280. The Balaban J connectivity index is 0.000000780. The van der Waals surface area contributed by atoms with Crippen LogP contribution in [0.3, 0.4) is 0 Å². The number of carbonyl (C=O) groups is 5. The SMILES string of the molecule is CC(=O)C1CCCC(C)(C)C1.CC(O)C1CCCC(C)(C)C1.CCOC(=O)CC(=O)OCC.CCOC(=O)CC(=O)O[C@@H](C)C1CCCC(C)(C)C1.C[C@H](O)C1CCCC(C)(C)C1. The number of ketones is 1. The monoisotopic (exact) mass is 897 g/mol. The van der Waals surface area contributed by atoms with Gasteiger partial charge in [-0.25, -0.2) is 0 Å². The van der Waals surface area contributed by atoms with E-state index in [0.29, 0.717) is 57.7 Å². The molecule has 4 fully saturated rings. The molecule has 0 spiro atoms.